The molecule has 0 saturated heterocycles. The third kappa shape index (κ3) is 5.73. The third-order valence-corrected chi connectivity index (χ3v) is 5.01. The number of ether oxygens (including phenoxy) is 1. The van der Waals surface area contributed by atoms with E-state index in [0.717, 1.165) is 22.6 Å². The summed E-state index contributed by atoms with van der Waals surface area (Å²) in [4.78, 5) is 20.4. The number of carbonyl (C=O) groups excluding carboxylic acids is 1. The highest BCUT2D eigenvalue weighted by Crippen LogP contribution is 2.25. The highest BCUT2D eigenvalue weighted by Gasteiger charge is 2.28. The van der Waals surface area contributed by atoms with Crippen molar-refractivity contribution in [1.29, 1.82) is 0 Å². The number of carbonyl (C=O) groups is 1. The SMILES string of the molecule is COc1ccccc1C1=NO[C@H](CN(Cc2cccc(Cl)c2)C(=O)CC(C)C)C1. The summed E-state index contributed by atoms with van der Waals surface area (Å²) in [6, 6.07) is 15.4. The maximum Gasteiger partial charge on any atom is 0.223 e. The van der Waals surface area contributed by atoms with Crippen molar-refractivity contribution in [2.24, 2.45) is 11.1 Å². The lowest BCUT2D eigenvalue weighted by atomic mass is 10.0. The number of benzene rings is 2. The molecule has 1 aliphatic heterocycles. The second kappa shape index (κ2) is 9.79. The third-order valence-electron chi connectivity index (χ3n) is 4.77. The largest absolute Gasteiger partial charge is 0.496 e. The van der Waals surface area contributed by atoms with E-state index in [0.29, 0.717) is 31.0 Å². The van der Waals surface area contributed by atoms with E-state index in [2.05, 4.69) is 5.16 Å². The lowest BCUT2D eigenvalue weighted by Gasteiger charge is -2.26. The van der Waals surface area contributed by atoms with Crippen LogP contribution in [0.5, 0.6) is 5.75 Å². The van der Waals surface area contributed by atoms with Crippen molar-refractivity contribution in [2.45, 2.75) is 39.3 Å². The molecule has 1 heterocycles. The molecule has 1 amide bonds. The maximum atomic E-state index is 12.9. The minimum absolute atomic E-state index is 0.106. The van der Waals surface area contributed by atoms with Crippen molar-refractivity contribution in [2.75, 3.05) is 13.7 Å². The fourth-order valence-electron chi connectivity index (χ4n) is 3.40. The number of rotatable bonds is 8. The average molecular weight is 415 g/mol. The first-order valence-electron chi connectivity index (χ1n) is 9.84. The monoisotopic (exact) mass is 414 g/mol. The second-order valence-corrected chi connectivity index (χ2v) is 8.11. The Balaban J connectivity index is 1.70. The van der Waals surface area contributed by atoms with Crippen LogP contribution in [0.2, 0.25) is 5.02 Å². The minimum Gasteiger partial charge on any atom is -0.496 e. The van der Waals surface area contributed by atoms with Gasteiger partial charge >= 0.3 is 0 Å². The van der Waals surface area contributed by atoms with E-state index in [1.807, 2.05) is 67.3 Å². The Hall–Kier alpha value is -2.53. The van der Waals surface area contributed by atoms with Crippen molar-refractivity contribution in [3.05, 3.63) is 64.7 Å². The van der Waals surface area contributed by atoms with Crippen LogP contribution in [-0.4, -0.2) is 36.3 Å². The Morgan fingerprint density at radius 1 is 1.28 bits per heavy atom. The van der Waals surface area contributed by atoms with Gasteiger partial charge in [-0.25, -0.2) is 0 Å². The number of oxime groups is 1. The highest BCUT2D eigenvalue weighted by atomic mass is 35.5. The van der Waals surface area contributed by atoms with Crippen molar-refractivity contribution in [3.8, 4) is 5.75 Å². The molecule has 0 saturated carbocycles. The molecule has 154 valence electrons. The first-order valence-corrected chi connectivity index (χ1v) is 10.2. The Morgan fingerprint density at radius 2 is 2.07 bits per heavy atom. The van der Waals surface area contributed by atoms with Crippen LogP contribution >= 0.6 is 11.6 Å². The van der Waals surface area contributed by atoms with Crippen LogP contribution in [0.4, 0.5) is 0 Å². The van der Waals surface area contributed by atoms with E-state index >= 15 is 0 Å². The topological polar surface area (TPSA) is 51.1 Å². The molecule has 0 fully saturated rings. The van der Waals surface area contributed by atoms with Crippen LogP contribution in [-0.2, 0) is 16.2 Å². The second-order valence-electron chi connectivity index (χ2n) is 7.67. The van der Waals surface area contributed by atoms with Gasteiger partial charge in [-0.3, -0.25) is 4.79 Å². The molecule has 1 aliphatic rings. The van der Waals surface area contributed by atoms with E-state index in [1.165, 1.54) is 0 Å². The predicted molar refractivity (Wildman–Crippen MR) is 115 cm³/mol. The lowest BCUT2D eigenvalue weighted by Crippen LogP contribution is -2.37. The van der Waals surface area contributed by atoms with Gasteiger partial charge < -0.3 is 14.5 Å². The molecule has 0 bridgehead atoms. The normalized spacial score (nSPS) is 15.8. The van der Waals surface area contributed by atoms with Crippen LogP contribution in [0.25, 0.3) is 0 Å². The van der Waals surface area contributed by atoms with Crippen LogP contribution in [0.1, 0.15) is 37.8 Å². The minimum atomic E-state index is -0.190. The van der Waals surface area contributed by atoms with E-state index in [9.17, 15) is 4.79 Å². The van der Waals surface area contributed by atoms with E-state index in [1.54, 1.807) is 7.11 Å². The molecule has 0 radical (unpaired) electrons. The Morgan fingerprint density at radius 3 is 2.79 bits per heavy atom. The summed E-state index contributed by atoms with van der Waals surface area (Å²) < 4.78 is 5.43. The number of nitrogens with zero attached hydrogens (tertiary/aromatic N) is 2. The fraction of sp³-hybridized carbons (Fsp3) is 0.391. The Kier molecular flexibility index (Phi) is 7.15. The van der Waals surface area contributed by atoms with Gasteiger partial charge in [-0.15, -0.1) is 0 Å². The highest BCUT2D eigenvalue weighted by molar-refractivity contribution is 6.30. The summed E-state index contributed by atoms with van der Waals surface area (Å²) >= 11 is 6.12. The van der Waals surface area contributed by atoms with Crippen LogP contribution < -0.4 is 4.74 Å². The van der Waals surface area contributed by atoms with E-state index < -0.39 is 0 Å². The summed E-state index contributed by atoms with van der Waals surface area (Å²) in [6.07, 6.45) is 0.930. The number of hydrogen-bond donors (Lipinski definition) is 0. The zero-order valence-electron chi connectivity index (χ0n) is 17.1. The quantitative estimate of drug-likeness (QED) is 0.616. The molecule has 29 heavy (non-hydrogen) atoms. The van der Waals surface area contributed by atoms with Gasteiger partial charge in [0, 0.05) is 30.0 Å². The van der Waals surface area contributed by atoms with Gasteiger partial charge in [-0.1, -0.05) is 54.9 Å². The molecule has 6 heteroatoms. The lowest BCUT2D eigenvalue weighted by molar-refractivity contribution is -0.134. The summed E-state index contributed by atoms with van der Waals surface area (Å²) in [5.74, 6) is 1.16. The molecular weight excluding hydrogens is 388 g/mol. The average Bonchev–Trinajstić information content (AvgIpc) is 3.15. The number of hydrogen-bond acceptors (Lipinski definition) is 4. The summed E-state index contributed by atoms with van der Waals surface area (Å²) in [7, 11) is 1.64. The molecule has 0 aromatic heterocycles. The molecule has 0 aliphatic carbocycles. The molecule has 3 rings (SSSR count). The zero-order valence-corrected chi connectivity index (χ0v) is 17.9. The van der Waals surface area contributed by atoms with Crippen molar-refractivity contribution in [3.63, 3.8) is 0 Å². The van der Waals surface area contributed by atoms with Gasteiger partial charge in [0.05, 0.1) is 19.4 Å². The first kappa shape index (κ1) is 21.2. The molecule has 5 nitrogen and oxygen atoms in total. The zero-order chi connectivity index (χ0) is 20.8. The van der Waals surface area contributed by atoms with Crippen molar-refractivity contribution < 1.29 is 14.4 Å². The summed E-state index contributed by atoms with van der Waals surface area (Å²) in [5, 5.41) is 4.93. The molecule has 2 aromatic carbocycles. The number of methoxy groups -OCH3 is 1. The number of para-hydroxylation sites is 1. The molecule has 0 N–H and O–H groups in total. The fourth-order valence-corrected chi connectivity index (χ4v) is 3.62. The molecule has 2 aromatic rings. The molecule has 0 unspecified atom stereocenters. The van der Waals surface area contributed by atoms with Crippen LogP contribution in [0.3, 0.4) is 0 Å². The standard InChI is InChI=1S/C23H27ClN2O3/c1-16(2)11-23(27)26(14-17-7-6-8-18(24)12-17)15-19-13-21(25-29-19)20-9-4-5-10-22(20)28-3/h4-10,12,16,19H,11,13-15H2,1-3H3/t19-/m0/s1. The van der Waals surface area contributed by atoms with Gasteiger partial charge in [0.15, 0.2) is 6.10 Å². The number of amides is 1. The van der Waals surface area contributed by atoms with Crippen LogP contribution in [0.15, 0.2) is 53.7 Å². The molecule has 1 atom stereocenters. The first-order chi connectivity index (χ1) is 14.0. The van der Waals surface area contributed by atoms with Crippen LogP contribution in [0, 0.1) is 5.92 Å². The Bertz CT molecular complexity index is 882. The van der Waals surface area contributed by atoms with Crippen molar-refractivity contribution >= 4 is 23.2 Å². The van der Waals surface area contributed by atoms with Gasteiger partial charge in [0.1, 0.15) is 5.75 Å². The van der Waals surface area contributed by atoms with E-state index in [-0.39, 0.29) is 17.9 Å². The Labute approximate surface area is 177 Å². The van der Waals surface area contributed by atoms with Crippen molar-refractivity contribution in [1.82, 2.24) is 4.90 Å². The summed E-state index contributed by atoms with van der Waals surface area (Å²) in [5.41, 5.74) is 2.76. The molecule has 0 spiro atoms. The number of halogens is 1. The predicted octanol–water partition coefficient (Wildman–Crippen LogP) is 4.92. The van der Waals surface area contributed by atoms with E-state index in [4.69, 9.17) is 21.2 Å². The summed E-state index contributed by atoms with van der Waals surface area (Å²) in [6.45, 7) is 5.06. The van der Waals surface area contributed by atoms with Gasteiger partial charge in [0.25, 0.3) is 0 Å². The molecular formula is C23H27ClN2O3. The van der Waals surface area contributed by atoms with Gasteiger partial charge in [0.2, 0.25) is 5.91 Å². The smallest absolute Gasteiger partial charge is 0.223 e. The van der Waals surface area contributed by atoms with Gasteiger partial charge in [-0.05, 0) is 35.7 Å². The van der Waals surface area contributed by atoms with Gasteiger partial charge in [-0.2, -0.15) is 0 Å². The maximum absolute atomic E-state index is 12.9.